The first kappa shape index (κ1) is 16.7. The Bertz CT molecular complexity index is 357. The summed E-state index contributed by atoms with van der Waals surface area (Å²) in [5.41, 5.74) is 5.98. The minimum Gasteiger partial charge on any atom is -0.497 e. The second-order valence-corrected chi connectivity index (χ2v) is 3.63. The molecule has 1 aromatic rings. The number of rotatable bonds is 6. The molecule has 0 aliphatic heterocycles. The molecule has 6 heteroatoms. The summed E-state index contributed by atoms with van der Waals surface area (Å²) in [6, 6.07) is 7.05. The van der Waals surface area contributed by atoms with Crippen molar-refractivity contribution >= 4 is 18.3 Å². The monoisotopic (exact) mass is 274 g/mol. The fraction of sp³-hybridized carbons (Fsp3) is 0.417. The van der Waals surface area contributed by atoms with Gasteiger partial charge in [0.1, 0.15) is 5.75 Å². The van der Waals surface area contributed by atoms with E-state index in [0.717, 1.165) is 11.3 Å². The summed E-state index contributed by atoms with van der Waals surface area (Å²) >= 11 is 0. The number of methoxy groups -OCH3 is 1. The van der Waals surface area contributed by atoms with Gasteiger partial charge in [-0.2, -0.15) is 0 Å². The summed E-state index contributed by atoms with van der Waals surface area (Å²) in [4.78, 5) is 11.2. The maximum atomic E-state index is 11.2. The van der Waals surface area contributed by atoms with E-state index in [-0.39, 0.29) is 31.3 Å². The molecule has 0 fully saturated rings. The third-order valence-corrected chi connectivity index (χ3v) is 2.36. The van der Waals surface area contributed by atoms with Crippen LogP contribution in [0.1, 0.15) is 18.1 Å². The first-order valence-corrected chi connectivity index (χ1v) is 5.46. The van der Waals surface area contributed by atoms with E-state index >= 15 is 0 Å². The fourth-order valence-corrected chi connectivity index (χ4v) is 1.37. The van der Waals surface area contributed by atoms with Crippen LogP contribution in [-0.4, -0.2) is 31.2 Å². The standard InChI is InChI=1S/C12H18N2O3.ClH/c1-17-10-4-2-9(3-5-10)11(15)8-14-12(16)6-7-13;/h2-5,11,15H,6-8,13H2,1H3,(H,14,16);1H. The average molecular weight is 275 g/mol. The number of benzene rings is 1. The van der Waals surface area contributed by atoms with E-state index < -0.39 is 6.10 Å². The quantitative estimate of drug-likeness (QED) is 0.710. The first-order valence-electron chi connectivity index (χ1n) is 5.46. The van der Waals surface area contributed by atoms with Gasteiger partial charge in [-0.05, 0) is 17.7 Å². The van der Waals surface area contributed by atoms with E-state index in [1.165, 1.54) is 0 Å². The molecule has 0 saturated heterocycles. The van der Waals surface area contributed by atoms with Gasteiger partial charge in [-0.15, -0.1) is 12.4 Å². The van der Waals surface area contributed by atoms with E-state index in [1.54, 1.807) is 31.4 Å². The van der Waals surface area contributed by atoms with E-state index in [1.807, 2.05) is 0 Å². The highest BCUT2D eigenvalue weighted by Crippen LogP contribution is 2.16. The molecule has 1 amide bonds. The van der Waals surface area contributed by atoms with Crippen LogP contribution in [0.2, 0.25) is 0 Å². The van der Waals surface area contributed by atoms with Crippen LogP contribution in [0.25, 0.3) is 0 Å². The van der Waals surface area contributed by atoms with Gasteiger partial charge in [0.2, 0.25) is 5.91 Å². The highest BCUT2D eigenvalue weighted by molar-refractivity contribution is 5.85. The molecule has 0 aliphatic rings. The Labute approximate surface area is 113 Å². The van der Waals surface area contributed by atoms with Gasteiger partial charge in [0.25, 0.3) is 0 Å². The van der Waals surface area contributed by atoms with Crippen LogP contribution >= 0.6 is 12.4 Å². The van der Waals surface area contributed by atoms with E-state index in [4.69, 9.17) is 10.5 Å². The number of aliphatic hydroxyl groups is 1. The zero-order valence-electron chi connectivity index (χ0n) is 10.3. The number of ether oxygens (including phenoxy) is 1. The van der Waals surface area contributed by atoms with E-state index in [0.29, 0.717) is 6.54 Å². The summed E-state index contributed by atoms with van der Waals surface area (Å²) in [6.07, 6.45) is -0.447. The Balaban J connectivity index is 0.00000289. The molecule has 5 nitrogen and oxygen atoms in total. The Morgan fingerprint density at radius 3 is 2.56 bits per heavy atom. The van der Waals surface area contributed by atoms with Crippen molar-refractivity contribution in [1.82, 2.24) is 5.32 Å². The van der Waals surface area contributed by atoms with Crippen LogP contribution in [0, 0.1) is 0 Å². The Morgan fingerprint density at radius 2 is 2.06 bits per heavy atom. The second kappa shape index (κ2) is 8.74. The molecule has 1 aromatic carbocycles. The SMILES string of the molecule is COc1ccc(C(O)CNC(=O)CCN)cc1.Cl. The fourth-order valence-electron chi connectivity index (χ4n) is 1.37. The predicted molar refractivity (Wildman–Crippen MR) is 71.9 cm³/mol. The maximum Gasteiger partial charge on any atom is 0.221 e. The van der Waals surface area contributed by atoms with Crippen molar-refractivity contribution < 1.29 is 14.6 Å². The molecule has 4 N–H and O–H groups in total. The number of aliphatic hydroxyl groups excluding tert-OH is 1. The lowest BCUT2D eigenvalue weighted by atomic mass is 10.1. The molecule has 0 heterocycles. The summed E-state index contributed by atoms with van der Waals surface area (Å²) in [5, 5.41) is 12.4. The summed E-state index contributed by atoms with van der Waals surface area (Å²) in [7, 11) is 1.58. The highest BCUT2D eigenvalue weighted by atomic mass is 35.5. The number of nitrogens with two attached hydrogens (primary N) is 1. The number of hydrogen-bond acceptors (Lipinski definition) is 4. The van der Waals surface area contributed by atoms with Crippen molar-refractivity contribution in [3.05, 3.63) is 29.8 Å². The maximum absolute atomic E-state index is 11.2. The molecule has 0 aromatic heterocycles. The molecule has 0 spiro atoms. The van der Waals surface area contributed by atoms with Crippen LogP contribution in [0.3, 0.4) is 0 Å². The zero-order chi connectivity index (χ0) is 12.7. The Hall–Kier alpha value is -1.30. The van der Waals surface area contributed by atoms with Gasteiger partial charge >= 0.3 is 0 Å². The van der Waals surface area contributed by atoms with Crippen LogP contribution < -0.4 is 15.8 Å². The number of amides is 1. The molecule has 1 unspecified atom stereocenters. The molecular formula is C12H19ClN2O3. The lowest BCUT2D eigenvalue weighted by molar-refractivity contribution is -0.121. The predicted octanol–water partition coefficient (Wildman–Crippen LogP) is 0.615. The van der Waals surface area contributed by atoms with Crippen LogP contribution in [-0.2, 0) is 4.79 Å². The van der Waals surface area contributed by atoms with Gasteiger partial charge in [-0.25, -0.2) is 0 Å². The summed E-state index contributed by atoms with van der Waals surface area (Å²) < 4.78 is 5.01. The molecular weight excluding hydrogens is 256 g/mol. The number of nitrogens with one attached hydrogen (secondary N) is 1. The van der Waals surface area contributed by atoms with Crippen LogP contribution in [0.15, 0.2) is 24.3 Å². The highest BCUT2D eigenvalue weighted by Gasteiger charge is 2.09. The van der Waals surface area contributed by atoms with Crippen molar-refractivity contribution in [3.63, 3.8) is 0 Å². The van der Waals surface area contributed by atoms with Gasteiger partial charge in [0.05, 0.1) is 13.2 Å². The van der Waals surface area contributed by atoms with Crippen molar-refractivity contribution in [2.45, 2.75) is 12.5 Å². The summed E-state index contributed by atoms with van der Waals surface area (Å²) in [6.45, 7) is 0.496. The van der Waals surface area contributed by atoms with Crippen LogP contribution in [0.5, 0.6) is 5.75 Å². The smallest absolute Gasteiger partial charge is 0.221 e. The average Bonchev–Trinajstić information content (AvgIpc) is 2.36. The number of hydrogen-bond donors (Lipinski definition) is 3. The van der Waals surface area contributed by atoms with Gasteiger partial charge in [0.15, 0.2) is 0 Å². The lowest BCUT2D eigenvalue weighted by Gasteiger charge is -2.12. The number of halogens is 1. The van der Waals surface area contributed by atoms with E-state index in [2.05, 4.69) is 5.32 Å². The van der Waals surface area contributed by atoms with E-state index in [9.17, 15) is 9.90 Å². The largest absolute Gasteiger partial charge is 0.497 e. The molecule has 1 rings (SSSR count). The normalized spacial score (nSPS) is 11.3. The molecule has 0 aliphatic carbocycles. The van der Waals surface area contributed by atoms with Crippen molar-refractivity contribution in [2.75, 3.05) is 20.2 Å². The van der Waals surface area contributed by atoms with Crippen molar-refractivity contribution in [2.24, 2.45) is 5.73 Å². The minimum atomic E-state index is -0.720. The molecule has 1 atom stereocenters. The topological polar surface area (TPSA) is 84.6 Å². The lowest BCUT2D eigenvalue weighted by Crippen LogP contribution is -2.29. The molecule has 0 radical (unpaired) electrons. The third-order valence-electron chi connectivity index (χ3n) is 2.36. The van der Waals surface area contributed by atoms with Crippen molar-refractivity contribution in [1.29, 1.82) is 0 Å². The summed E-state index contributed by atoms with van der Waals surface area (Å²) in [5.74, 6) is 0.577. The Kier molecular flexibility index (Phi) is 8.11. The Morgan fingerprint density at radius 1 is 1.44 bits per heavy atom. The minimum absolute atomic E-state index is 0. The molecule has 18 heavy (non-hydrogen) atoms. The zero-order valence-corrected chi connectivity index (χ0v) is 11.1. The third kappa shape index (κ3) is 5.35. The number of carbonyl (C=O) groups excluding carboxylic acids is 1. The van der Waals surface area contributed by atoms with Gasteiger partial charge in [-0.1, -0.05) is 12.1 Å². The van der Waals surface area contributed by atoms with Gasteiger partial charge < -0.3 is 20.9 Å². The molecule has 0 bridgehead atoms. The van der Waals surface area contributed by atoms with Gasteiger partial charge in [0, 0.05) is 19.5 Å². The molecule has 0 saturated carbocycles. The first-order chi connectivity index (χ1) is 8.17. The number of carbonyl (C=O) groups is 1. The second-order valence-electron chi connectivity index (χ2n) is 3.63. The van der Waals surface area contributed by atoms with Crippen LogP contribution in [0.4, 0.5) is 0 Å². The van der Waals surface area contributed by atoms with Crippen molar-refractivity contribution in [3.8, 4) is 5.75 Å². The molecule has 102 valence electrons. The van der Waals surface area contributed by atoms with Gasteiger partial charge in [-0.3, -0.25) is 4.79 Å².